The van der Waals surface area contributed by atoms with E-state index in [0.29, 0.717) is 0 Å². The Balaban J connectivity index is 2.12. The van der Waals surface area contributed by atoms with Crippen LogP contribution in [0.3, 0.4) is 0 Å². The minimum atomic E-state index is 1.31. The summed E-state index contributed by atoms with van der Waals surface area (Å²) in [4.78, 5) is 1.49. The van der Waals surface area contributed by atoms with Crippen LogP contribution < -0.4 is 0 Å². The molecule has 0 aromatic carbocycles. The largest absolute Gasteiger partial charge is 0.148 e. The van der Waals surface area contributed by atoms with Crippen LogP contribution in [0.1, 0.15) is 17.7 Å². The highest BCUT2D eigenvalue weighted by atomic mass is 32.2. The highest BCUT2D eigenvalue weighted by Crippen LogP contribution is 2.40. The van der Waals surface area contributed by atoms with Crippen LogP contribution in [-0.4, -0.2) is 5.75 Å². The van der Waals surface area contributed by atoms with Gasteiger partial charge in [0, 0.05) is 4.88 Å². The van der Waals surface area contributed by atoms with Crippen LogP contribution in [0, 0.1) is 5.25 Å². The fourth-order valence-electron chi connectivity index (χ4n) is 1.13. The molecule has 2 heterocycles. The van der Waals surface area contributed by atoms with Gasteiger partial charge in [-0.2, -0.15) is 0 Å². The van der Waals surface area contributed by atoms with Crippen LogP contribution in [0.25, 0.3) is 0 Å². The minimum Gasteiger partial charge on any atom is -0.148 e. The van der Waals surface area contributed by atoms with Crippen LogP contribution in [0.5, 0.6) is 0 Å². The number of thioether (sulfide) groups is 1. The summed E-state index contributed by atoms with van der Waals surface area (Å²) >= 11 is 3.89. The Morgan fingerprint density at radius 1 is 1.40 bits per heavy atom. The highest BCUT2D eigenvalue weighted by molar-refractivity contribution is 8.02. The Labute approximate surface area is 69.6 Å². The van der Waals surface area contributed by atoms with E-state index in [9.17, 15) is 0 Å². The lowest BCUT2D eigenvalue weighted by Gasteiger charge is -2.01. The molecule has 0 amide bonds. The van der Waals surface area contributed by atoms with Crippen molar-refractivity contribution in [3.05, 3.63) is 27.6 Å². The van der Waals surface area contributed by atoms with Crippen molar-refractivity contribution in [2.75, 3.05) is 5.75 Å². The van der Waals surface area contributed by atoms with Gasteiger partial charge in [0.2, 0.25) is 0 Å². The zero-order valence-electron chi connectivity index (χ0n) is 5.67. The number of thiophene rings is 1. The lowest BCUT2D eigenvalue weighted by molar-refractivity contribution is 0.952. The van der Waals surface area contributed by atoms with E-state index in [1.807, 2.05) is 23.1 Å². The summed E-state index contributed by atoms with van der Waals surface area (Å²) in [5.41, 5.74) is 0. The van der Waals surface area contributed by atoms with Crippen LogP contribution in [0.4, 0.5) is 0 Å². The van der Waals surface area contributed by atoms with Gasteiger partial charge in [-0.3, -0.25) is 0 Å². The Bertz CT molecular complexity index is 185. The smallest absolute Gasteiger partial charge is 0.0696 e. The molecule has 0 saturated carbocycles. The van der Waals surface area contributed by atoms with Crippen molar-refractivity contribution in [1.29, 1.82) is 0 Å². The fourth-order valence-corrected chi connectivity index (χ4v) is 3.18. The van der Waals surface area contributed by atoms with Crippen molar-refractivity contribution in [2.45, 2.75) is 12.8 Å². The molecule has 0 bridgehead atoms. The van der Waals surface area contributed by atoms with Crippen LogP contribution in [0.15, 0.2) is 17.5 Å². The van der Waals surface area contributed by atoms with Gasteiger partial charge in [-0.05, 0) is 30.0 Å². The van der Waals surface area contributed by atoms with E-state index < -0.39 is 0 Å². The monoisotopic (exact) mass is 169 g/mol. The number of hydrogen-bond acceptors (Lipinski definition) is 2. The first kappa shape index (κ1) is 6.74. The number of hydrogen-bond donors (Lipinski definition) is 0. The van der Waals surface area contributed by atoms with Crippen molar-refractivity contribution in [2.24, 2.45) is 0 Å². The molecular formula is C8H9S2. The molecule has 1 saturated heterocycles. The summed E-state index contributed by atoms with van der Waals surface area (Å²) < 4.78 is 0. The molecule has 1 radical (unpaired) electrons. The van der Waals surface area contributed by atoms with Crippen molar-refractivity contribution < 1.29 is 0 Å². The predicted molar refractivity (Wildman–Crippen MR) is 48.4 cm³/mol. The van der Waals surface area contributed by atoms with E-state index in [1.54, 1.807) is 5.25 Å². The average Bonchev–Trinajstić information content (AvgIpc) is 2.59. The summed E-state index contributed by atoms with van der Waals surface area (Å²) in [6, 6.07) is 4.35. The molecule has 1 aliphatic rings. The van der Waals surface area contributed by atoms with Gasteiger partial charge in [-0.15, -0.1) is 23.1 Å². The van der Waals surface area contributed by atoms with Gasteiger partial charge in [0.1, 0.15) is 0 Å². The summed E-state index contributed by atoms with van der Waals surface area (Å²) in [7, 11) is 0. The molecule has 1 aliphatic heterocycles. The van der Waals surface area contributed by atoms with E-state index in [2.05, 4.69) is 17.5 Å². The average molecular weight is 169 g/mol. The van der Waals surface area contributed by atoms with Crippen LogP contribution >= 0.6 is 23.1 Å². The molecule has 0 unspecified atom stereocenters. The van der Waals surface area contributed by atoms with Crippen molar-refractivity contribution in [3.8, 4) is 0 Å². The second kappa shape index (κ2) is 2.97. The molecule has 0 nitrogen and oxygen atoms in total. The molecular weight excluding hydrogens is 160 g/mol. The van der Waals surface area contributed by atoms with Gasteiger partial charge in [0.15, 0.2) is 0 Å². The van der Waals surface area contributed by atoms with E-state index >= 15 is 0 Å². The fraction of sp³-hybridized carbons (Fsp3) is 0.375. The summed E-state index contributed by atoms with van der Waals surface area (Å²) in [5.74, 6) is 1.33. The summed E-state index contributed by atoms with van der Waals surface area (Å²) in [6.07, 6.45) is 2.68. The molecule has 0 N–H and O–H groups in total. The van der Waals surface area contributed by atoms with E-state index in [-0.39, 0.29) is 0 Å². The third-order valence-corrected chi connectivity index (χ3v) is 3.94. The third-order valence-electron chi connectivity index (χ3n) is 1.62. The van der Waals surface area contributed by atoms with Crippen LogP contribution in [0.2, 0.25) is 0 Å². The Morgan fingerprint density at radius 2 is 2.40 bits per heavy atom. The standard InChI is InChI=1S/C8H9S2/c1-3-7(9-5-1)8-4-2-6-10-8/h1,3,5H,2,4,6H2. The zero-order chi connectivity index (χ0) is 6.81. The zero-order valence-corrected chi connectivity index (χ0v) is 7.30. The molecule has 1 aromatic rings. The van der Waals surface area contributed by atoms with E-state index in [1.165, 1.54) is 23.5 Å². The van der Waals surface area contributed by atoms with Gasteiger partial charge in [-0.1, -0.05) is 6.07 Å². The molecule has 2 rings (SSSR count). The molecule has 2 heteroatoms. The molecule has 0 atom stereocenters. The maximum absolute atomic E-state index is 2.22. The lowest BCUT2D eigenvalue weighted by atomic mass is 10.2. The maximum Gasteiger partial charge on any atom is 0.0696 e. The molecule has 53 valence electrons. The summed E-state index contributed by atoms with van der Waals surface area (Å²) in [5, 5.41) is 3.76. The normalized spacial score (nSPS) is 20.0. The Kier molecular flexibility index (Phi) is 2.00. The SMILES string of the molecule is c1csc([C]2CCCS2)c1. The predicted octanol–water partition coefficient (Wildman–Crippen LogP) is 3.16. The molecule has 1 fully saturated rings. The number of rotatable bonds is 1. The van der Waals surface area contributed by atoms with Gasteiger partial charge >= 0.3 is 0 Å². The first-order chi connectivity index (χ1) is 4.97. The minimum absolute atomic E-state index is 1.31. The second-order valence-corrected chi connectivity index (χ2v) is 4.49. The topological polar surface area (TPSA) is 0 Å². The quantitative estimate of drug-likeness (QED) is 0.622. The first-order valence-electron chi connectivity index (χ1n) is 3.49. The second-order valence-electron chi connectivity index (χ2n) is 2.35. The Hall–Kier alpha value is 0.0500. The molecule has 1 aromatic heterocycles. The van der Waals surface area contributed by atoms with Crippen LogP contribution in [-0.2, 0) is 0 Å². The third kappa shape index (κ3) is 1.23. The first-order valence-corrected chi connectivity index (χ1v) is 5.36. The molecule has 0 aliphatic carbocycles. The molecule has 10 heavy (non-hydrogen) atoms. The van der Waals surface area contributed by atoms with Crippen molar-refractivity contribution in [1.82, 2.24) is 0 Å². The van der Waals surface area contributed by atoms with Gasteiger partial charge < -0.3 is 0 Å². The summed E-state index contributed by atoms with van der Waals surface area (Å²) in [6.45, 7) is 0. The van der Waals surface area contributed by atoms with Gasteiger partial charge in [0.05, 0.1) is 5.25 Å². The lowest BCUT2D eigenvalue weighted by Crippen LogP contribution is -1.81. The van der Waals surface area contributed by atoms with Gasteiger partial charge in [0.25, 0.3) is 0 Å². The highest BCUT2D eigenvalue weighted by Gasteiger charge is 2.18. The molecule has 0 spiro atoms. The van der Waals surface area contributed by atoms with E-state index in [0.717, 1.165) is 0 Å². The van der Waals surface area contributed by atoms with Crippen molar-refractivity contribution >= 4 is 23.1 Å². The van der Waals surface area contributed by atoms with Gasteiger partial charge in [-0.25, -0.2) is 0 Å². The van der Waals surface area contributed by atoms with Crippen molar-refractivity contribution in [3.63, 3.8) is 0 Å². The maximum atomic E-state index is 2.22. The Morgan fingerprint density at radius 3 is 3.00 bits per heavy atom. The van der Waals surface area contributed by atoms with E-state index in [4.69, 9.17) is 0 Å².